The Hall–Kier alpha value is -1.14. The van der Waals surface area contributed by atoms with Gasteiger partial charge in [-0.15, -0.1) is 0 Å². The standard InChI is InChI=1S/C29H46O6/c1-7-18-21-14-17(31)12-13-28(21,4)24-23(25(18)34-16(3)30)20-10-9-19(15(2)8-11-22(32)33-6)29(20,5)27-26(24)35-27/h15,17-21,23-27,31H,7-14H2,1-6H3/t15-,17-,18-,19-,20?,21+,23?,24?,25-,26-,27-,28+,29-/m1/s1. The first-order valence-corrected chi connectivity index (χ1v) is 14.1. The van der Waals surface area contributed by atoms with Gasteiger partial charge in [-0.3, -0.25) is 9.59 Å². The van der Waals surface area contributed by atoms with Gasteiger partial charge in [-0.05, 0) is 85.9 Å². The van der Waals surface area contributed by atoms with Crippen molar-refractivity contribution >= 4 is 11.9 Å². The second kappa shape index (κ2) is 9.01. The lowest BCUT2D eigenvalue weighted by molar-refractivity contribution is -0.211. The Balaban J connectivity index is 1.51. The average molecular weight is 491 g/mol. The largest absolute Gasteiger partial charge is 0.469 e. The fourth-order valence-corrected chi connectivity index (χ4v) is 10.3. The van der Waals surface area contributed by atoms with Gasteiger partial charge in [0, 0.05) is 24.7 Å². The minimum atomic E-state index is -0.257. The number of aliphatic hydroxyl groups is 1. The molecule has 0 radical (unpaired) electrons. The third kappa shape index (κ3) is 3.79. The van der Waals surface area contributed by atoms with Crippen molar-refractivity contribution in [2.24, 2.45) is 52.3 Å². The van der Waals surface area contributed by atoms with Crippen molar-refractivity contribution in [2.75, 3.05) is 7.11 Å². The van der Waals surface area contributed by atoms with E-state index in [1.54, 1.807) is 6.92 Å². The van der Waals surface area contributed by atoms with E-state index in [9.17, 15) is 14.7 Å². The number of esters is 2. The molecule has 3 unspecified atom stereocenters. The first kappa shape index (κ1) is 25.5. The molecule has 6 nitrogen and oxygen atoms in total. The zero-order valence-corrected chi connectivity index (χ0v) is 22.5. The van der Waals surface area contributed by atoms with Crippen LogP contribution in [0.5, 0.6) is 0 Å². The first-order valence-electron chi connectivity index (χ1n) is 14.1. The molecule has 4 aliphatic carbocycles. The summed E-state index contributed by atoms with van der Waals surface area (Å²) >= 11 is 0. The first-order chi connectivity index (χ1) is 16.6. The molecule has 0 spiro atoms. The molecule has 35 heavy (non-hydrogen) atoms. The van der Waals surface area contributed by atoms with Crippen LogP contribution < -0.4 is 0 Å². The molecule has 1 heterocycles. The molecule has 198 valence electrons. The number of fused-ring (bicyclic) bond motifs is 8. The van der Waals surface area contributed by atoms with Crippen LogP contribution in [-0.4, -0.2) is 48.6 Å². The van der Waals surface area contributed by atoms with Crippen molar-refractivity contribution < 1.29 is 28.9 Å². The Kier molecular flexibility index (Phi) is 6.56. The number of carbonyl (C=O) groups excluding carboxylic acids is 2. The Morgan fingerprint density at radius 1 is 1.17 bits per heavy atom. The number of ether oxygens (including phenoxy) is 3. The maximum atomic E-state index is 12.4. The van der Waals surface area contributed by atoms with Gasteiger partial charge in [-0.2, -0.15) is 0 Å². The highest BCUT2D eigenvalue weighted by Crippen LogP contribution is 2.74. The van der Waals surface area contributed by atoms with Crippen molar-refractivity contribution in [3.05, 3.63) is 0 Å². The van der Waals surface area contributed by atoms with Crippen LogP contribution in [0, 0.1) is 52.3 Å². The number of aliphatic hydroxyl groups excluding tert-OH is 1. The van der Waals surface area contributed by atoms with Gasteiger partial charge in [0.15, 0.2) is 0 Å². The molecule has 0 bridgehead atoms. The highest BCUT2D eigenvalue weighted by atomic mass is 16.6. The number of rotatable bonds is 6. The summed E-state index contributed by atoms with van der Waals surface area (Å²) in [6.07, 6.45) is 7.34. The second-order valence-corrected chi connectivity index (χ2v) is 13.1. The smallest absolute Gasteiger partial charge is 0.305 e. The van der Waals surface area contributed by atoms with Crippen LogP contribution in [0.1, 0.15) is 86.0 Å². The van der Waals surface area contributed by atoms with Crippen molar-refractivity contribution in [1.82, 2.24) is 0 Å². The van der Waals surface area contributed by atoms with Gasteiger partial charge in [0.2, 0.25) is 0 Å². The molecule has 5 aliphatic rings. The predicted molar refractivity (Wildman–Crippen MR) is 131 cm³/mol. The molecule has 0 amide bonds. The van der Waals surface area contributed by atoms with Crippen molar-refractivity contribution in [1.29, 1.82) is 0 Å². The van der Waals surface area contributed by atoms with Gasteiger partial charge in [0.25, 0.3) is 0 Å². The van der Waals surface area contributed by atoms with E-state index in [0.717, 1.165) is 44.9 Å². The van der Waals surface area contributed by atoms with E-state index in [-0.39, 0.29) is 53.1 Å². The molecule has 5 rings (SSSR count). The number of hydrogen-bond acceptors (Lipinski definition) is 6. The molecule has 0 aromatic rings. The molecular weight excluding hydrogens is 444 g/mol. The predicted octanol–water partition coefficient (Wildman–Crippen LogP) is 4.76. The van der Waals surface area contributed by atoms with Crippen LogP contribution in [0.15, 0.2) is 0 Å². The third-order valence-electron chi connectivity index (χ3n) is 11.7. The maximum Gasteiger partial charge on any atom is 0.305 e. The van der Waals surface area contributed by atoms with E-state index < -0.39 is 0 Å². The number of epoxide rings is 1. The van der Waals surface area contributed by atoms with Crippen LogP contribution in [0.3, 0.4) is 0 Å². The van der Waals surface area contributed by atoms with Gasteiger partial charge < -0.3 is 19.3 Å². The minimum Gasteiger partial charge on any atom is -0.469 e. The molecule has 1 saturated heterocycles. The molecule has 13 atom stereocenters. The van der Waals surface area contributed by atoms with E-state index in [2.05, 4.69) is 27.7 Å². The van der Waals surface area contributed by atoms with Gasteiger partial charge in [0.05, 0.1) is 25.4 Å². The van der Waals surface area contributed by atoms with Crippen LogP contribution >= 0.6 is 0 Å². The Bertz CT molecular complexity index is 843. The normalized spacial score (nSPS) is 50.7. The van der Waals surface area contributed by atoms with Crippen molar-refractivity contribution in [2.45, 2.75) is 110 Å². The monoisotopic (exact) mass is 490 g/mol. The summed E-state index contributed by atoms with van der Waals surface area (Å²) in [5.41, 5.74) is 0.145. The zero-order valence-electron chi connectivity index (χ0n) is 22.5. The van der Waals surface area contributed by atoms with Gasteiger partial charge >= 0.3 is 11.9 Å². The second-order valence-electron chi connectivity index (χ2n) is 13.1. The lowest BCUT2D eigenvalue weighted by Gasteiger charge is -2.63. The van der Waals surface area contributed by atoms with Crippen molar-refractivity contribution in [3.8, 4) is 0 Å². The number of hydrogen-bond donors (Lipinski definition) is 1. The average Bonchev–Trinajstić information content (AvgIpc) is 3.54. The van der Waals surface area contributed by atoms with E-state index >= 15 is 0 Å². The van der Waals surface area contributed by atoms with Gasteiger partial charge in [-0.1, -0.05) is 27.7 Å². The van der Waals surface area contributed by atoms with Gasteiger partial charge in [-0.25, -0.2) is 0 Å². The highest BCUT2D eigenvalue weighted by molar-refractivity contribution is 5.69. The summed E-state index contributed by atoms with van der Waals surface area (Å²) in [7, 11) is 1.46. The van der Waals surface area contributed by atoms with E-state index in [1.807, 2.05) is 0 Å². The van der Waals surface area contributed by atoms with E-state index in [1.165, 1.54) is 7.11 Å². The van der Waals surface area contributed by atoms with Crippen molar-refractivity contribution in [3.63, 3.8) is 0 Å². The lowest BCUT2D eigenvalue weighted by Crippen LogP contribution is -2.65. The summed E-state index contributed by atoms with van der Waals surface area (Å²) in [6, 6.07) is 0. The zero-order chi connectivity index (χ0) is 25.3. The lowest BCUT2D eigenvalue weighted by atomic mass is 9.41. The fraction of sp³-hybridized carbons (Fsp3) is 0.931. The summed E-state index contributed by atoms with van der Waals surface area (Å²) in [6.45, 7) is 11.0. The molecule has 6 heteroatoms. The van der Waals surface area contributed by atoms with Crippen LogP contribution in [-0.2, 0) is 23.8 Å². The molecule has 1 aliphatic heterocycles. The highest BCUT2D eigenvalue weighted by Gasteiger charge is 2.76. The molecule has 4 saturated carbocycles. The maximum absolute atomic E-state index is 12.4. The Labute approximate surface area is 210 Å². The molecule has 0 aromatic heterocycles. The fourth-order valence-electron chi connectivity index (χ4n) is 10.3. The van der Waals surface area contributed by atoms with Crippen LogP contribution in [0.4, 0.5) is 0 Å². The number of carbonyl (C=O) groups is 2. The van der Waals surface area contributed by atoms with Gasteiger partial charge in [0.1, 0.15) is 6.10 Å². The topological polar surface area (TPSA) is 85.4 Å². The summed E-state index contributed by atoms with van der Waals surface area (Å²) < 4.78 is 17.8. The van der Waals surface area contributed by atoms with E-state index in [0.29, 0.717) is 41.9 Å². The van der Waals surface area contributed by atoms with E-state index in [4.69, 9.17) is 14.2 Å². The molecule has 0 aromatic carbocycles. The summed E-state index contributed by atoms with van der Waals surface area (Å²) in [5, 5.41) is 10.6. The molecule has 5 fully saturated rings. The molecular formula is C29H46O6. The van der Waals surface area contributed by atoms with Crippen LogP contribution in [0.2, 0.25) is 0 Å². The summed E-state index contributed by atoms with van der Waals surface area (Å²) in [4.78, 5) is 24.3. The quantitative estimate of drug-likeness (QED) is 0.427. The minimum absolute atomic E-state index is 0.0371. The summed E-state index contributed by atoms with van der Waals surface area (Å²) in [5.74, 6) is 2.33. The Morgan fingerprint density at radius 2 is 1.91 bits per heavy atom. The Morgan fingerprint density at radius 3 is 2.57 bits per heavy atom. The molecule has 1 N–H and O–H groups in total. The SMILES string of the molecule is CC[C@H]1[C@@H](OC(C)=O)C2C3CC[C@H]([C@H](C)CCC(=O)OC)[C@@]3(C)[C@@H]3O[C@@H]3C2[C@@]2(C)CC[C@@H](O)C[C@@H]12. The number of methoxy groups -OCH3 is 1. The van der Waals surface area contributed by atoms with Crippen LogP contribution in [0.25, 0.3) is 0 Å². The third-order valence-corrected chi connectivity index (χ3v) is 11.7.